The van der Waals surface area contributed by atoms with Crippen LogP contribution in [0.2, 0.25) is 0 Å². The van der Waals surface area contributed by atoms with Crippen LogP contribution in [0.4, 0.5) is 8.78 Å². The van der Waals surface area contributed by atoms with Crippen molar-refractivity contribution in [2.24, 2.45) is 0 Å². The second-order valence-corrected chi connectivity index (χ2v) is 9.69. The molecule has 2 aromatic carbocycles. The summed E-state index contributed by atoms with van der Waals surface area (Å²) in [5, 5.41) is 0. The molecule has 25 heavy (non-hydrogen) atoms. The molecule has 2 aromatic rings. The van der Waals surface area contributed by atoms with Gasteiger partial charge in [-0.3, -0.25) is 4.79 Å². The Morgan fingerprint density at radius 3 is 1.92 bits per heavy atom. The van der Waals surface area contributed by atoms with Crippen molar-refractivity contribution >= 4 is 15.6 Å². The Hall–Kier alpha value is -2.08. The van der Waals surface area contributed by atoms with Crippen molar-refractivity contribution in [2.75, 3.05) is 0 Å². The van der Waals surface area contributed by atoms with Crippen LogP contribution in [0.5, 0.6) is 0 Å². The molecule has 0 N–H and O–H groups in total. The molecular weight excluding hydrogens is 346 g/mol. The van der Waals surface area contributed by atoms with Crippen molar-refractivity contribution in [3.63, 3.8) is 0 Å². The van der Waals surface area contributed by atoms with Gasteiger partial charge in [0, 0.05) is 18.1 Å². The molecule has 0 saturated heterocycles. The Kier molecular flexibility index (Phi) is 5.42. The van der Waals surface area contributed by atoms with Crippen LogP contribution >= 0.6 is 0 Å². The number of sulfone groups is 1. The highest BCUT2D eigenvalue weighted by atomic mass is 32.2. The lowest BCUT2D eigenvalue weighted by Gasteiger charge is -2.19. The van der Waals surface area contributed by atoms with E-state index in [2.05, 4.69) is 0 Å². The third-order valence-electron chi connectivity index (χ3n) is 3.85. The summed E-state index contributed by atoms with van der Waals surface area (Å²) in [7, 11) is -3.31. The Balaban J connectivity index is 2.13. The maximum atomic E-state index is 13.2. The van der Waals surface area contributed by atoms with E-state index in [1.54, 1.807) is 32.9 Å². The third kappa shape index (κ3) is 4.95. The second-order valence-electron chi connectivity index (χ2n) is 6.95. The van der Waals surface area contributed by atoms with Gasteiger partial charge in [0.15, 0.2) is 15.6 Å². The van der Waals surface area contributed by atoms with Crippen LogP contribution in [-0.4, -0.2) is 18.9 Å². The summed E-state index contributed by atoms with van der Waals surface area (Å²) in [5.41, 5.74) is 1.20. The average molecular weight is 366 g/mol. The molecule has 0 unspecified atom stereocenters. The number of rotatable bonds is 5. The minimum absolute atomic E-state index is 0.111. The van der Waals surface area contributed by atoms with Gasteiger partial charge in [0.25, 0.3) is 0 Å². The largest absolute Gasteiger partial charge is 0.294 e. The monoisotopic (exact) mass is 366 g/mol. The first kappa shape index (κ1) is 19.2. The number of benzene rings is 2. The second kappa shape index (κ2) is 7.04. The van der Waals surface area contributed by atoms with E-state index in [4.69, 9.17) is 0 Å². The van der Waals surface area contributed by atoms with Crippen LogP contribution in [0, 0.1) is 11.6 Å². The maximum absolute atomic E-state index is 13.2. The summed E-state index contributed by atoms with van der Waals surface area (Å²) in [4.78, 5) is 12.2. The van der Waals surface area contributed by atoms with Crippen LogP contribution in [0.15, 0.2) is 42.5 Å². The van der Waals surface area contributed by atoms with Crippen molar-refractivity contribution in [1.29, 1.82) is 0 Å². The van der Waals surface area contributed by atoms with Crippen LogP contribution in [0.1, 0.15) is 42.3 Å². The van der Waals surface area contributed by atoms with Crippen molar-refractivity contribution < 1.29 is 22.0 Å². The summed E-state index contributed by atoms with van der Waals surface area (Å²) in [6.45, 7) is 4.91. The van der Waals surface area contributed by atoms with Gasteiger partial charge in [0.2, 0.25) is 0 Å². The fourth-order valence-electron chi connectivity index (χ4n) is 2.22. The lowest BCUT2D eigenvalue weighted by molar-refractivity contribution is 0.0993. The molecule has 0 amide bonds. The van der Waals surface area contributed by atoms with E-state index < -0.39 is 26.2 Å². The third-order valence-corrected chi connectivity index (χ3v) is 6.43. The van der Waals surface area contributed by atoms with Gasteiger partial charge in [-0.05, 0) is 44.0 Å². The Labute approximate surface area is 146 Å². The van der Waals surface area contributed by atoms with E-state index in [0.29, 0.717) is 11.1 Å². The number of hydrogen-bond donors (Lipinski definition) is 0. The van der Waals surface area contributed by atoms with Crippen LogP contribution in [0.25, 0.3) is 0 Å². The highest BCUT2D eigenvalue weighted by molar-refractivity contribution is 7.91. The van der Waals surface area contributed by atoms with Crippen molar-refractivity contribution in [3.05, 3.63) is 70.8 Å². The average Bonchev–Trinajstić information content (AvgIpc) is 2.45. The topological polar surface area (TPSA) is 51.2 Å². The summed E-state index contributed by atoms with van der Waals surface area (Å²) < 4.78 is 49.9. The van der Waals surface area contributed by atoms with Crippen molar-refractivity contribution in [3.8, 4) is 0 Å². The SMILES string of the molecule is CC(C)(C)S(=O)(=O)Cc1ccc(C(=O)Cc2cc(F)cc(F)c2)cc1. The predicted molar refractivity (Wildman–Crippen MR) is 93.2 cm³/mol. The number of carbonyl (C=O) groups is 1. The molecule has 134 valence electrons. The van der Waals surface area contributed by atoms with E-state index in [-0.39, 0.29) is 23.5 Å². The van der Waals surface area contributed by atoms with Crippen molar-refractivity contribution in [1.82, 2.24) is 0 Å². The molecule has 0 radical (unpaired) electrons. The standard InChI is InChI=1S/C19H20F2O3S/c1-19(2,3)25(23,24)12-13-4-6-15(7-5-13)18(22)10-14-8-16(20)11-17(21)9-14/h4-9,11H,10,12H2,1-3H3. The molecule has 0 aromatic heterocycles. The summed E-state index contributed by atoms with van der Waals surface area (Å²) in [5.74, 6) is -1.87. The molecule has 0 fully saturated rings. The lowest BCUT2D eigenvalue weighted by Crippen LogP contribution is -2.29. The van der Waals surface area contributed by atoms with Gasteiger partial charge in [0.05, 0.1) is 10.5 Å². The zero-order chi connectivity index (χ0) is 18.8. The Bertz CT molecular complexity index is 860. The zero-order valence-corrected chi connectivity index (χ0v) is 15.2. The molecule has 0 heterocycles. The van der Waals surface area contributed by atoms with Gasteiger partial charge in [-0.1, -0.05) is 24.3 Å². The van der Waals surface area contributed by atoms with Gasteiger partial charge in [-0.2, -0.15) is 0 Å². The quantitative estimate of drug-likeness (QED) is 0.749. The molecule has 6 heteroatoms. The smallest absolute Gasteiger partial charge is 0.167 e. The molecule has 0 aliphatic heterocycles. The number of carbonyl (C=O) groups excluding carboxylic acids is 1. The minimum Gasteiger partial charge on any atom is -0.294 e. The van der Waals surface area contributed by atoms with E-state index in [1.165, 1.54) is 12.1 Å². The van der Waals surface area contributed by atoms with Crippen LogP contribution in [0.3, 0.4) is 0 Å². The molecule has 0 aliphatic rings. The van der Waals surface area contributed by atoms with E-state index in [1.807, 2.05) is 0 Å². The van der Waals surface area contributed by atoms with Gasteiger partial charge in [-0.15, -0.1) is 0 Å². The lowest BCUT2D eigenvalue weighted by atomic mass is 10.0. The van der Waals surface area contributed by atoms with Gasteiger partial charge in [-0.25, -0.2) is 17.2 Å². The molecule has 2 rings (SSSR count). The Morgan fingerprint density at radius 2 is 1.44 bits per heavy atom. The molecule has 0 aliphatic carbocycles. The van der Waals surface area contributed by atoms with Crippen molar-refractivity contribution in [2.45, 2.75) is 37.7 Å². The van der Waals surface area contributed by atoms with E-state index in [9.17, 15) is 22.0 Å². The first-order valence-corrected chi connectivity index (χ1v) is 9.42. The maximum Gasteiger partial charge on any atom is 0.167 e. The fraction of sp³-hybridized carbons (Fsp3) is 0.316. The van der Waals surface area contributed by atoms with Crippen LogP contribution in [-0.2, 0) is 22.0 Å². The van der Waals surface area contributed by atoms with Gasteiger partial charge >= 0.3 is 0 Å². The first-order chi connectivity index (χ1) is 11.5. The predicted octanol–water partition coefficient (Wildman–Crippen LogP) is 4.10. The number of hydrogen-bond acceptors (Lipinski definition) is 3. The van der Waals surface area contributed by atoms with Gasteiger partial charge < -0.3 is 0 Å². The molecule has 3 nitrogen and oxygen atoms in total. The number of Topliss-reactive ketones (excluding diaryl/α,β-unsaturated/α-hetero) is 1. The zero-order valence-electron chi connectivity index (χ0n) is 14.3. The van der Waals surface area contributed by atoms with E-state index in [0.717, 1.165) is 18.2 Å². The fourth-order valence-corrected chi connectivity index (χ4v) is 3.29. The molecule has 0 spiro atoms. The summed E-state index contributed by atoms with van der Waals surface area (Å²) in [6, 6.07) is 9.22. The highest BCUT2D eigenvalue weighted by Crippen LogP contribution is 2.21. The normalized spacial score (nSPS) is 12.2. The number of ketones is 1. The Morgan fingerprint density at radius 1 is 0.920 bits per heavy atom. The first-order valence-electron chi connectivity index (χ1n) is 7.77. The van der Waals surface area contributed by atoms with Crippen LogP contribution < -0.4 is 0 Å². The molecule has 0 bridgehead atoms. The van der Waals surface area contributed by atoms with Gasteiger partial charge in [0.1, 0.15) is 11.6 Å². The molecular formula is C19H20F2O3S. The summed E-state index contributed by atoms with van der Waals surface area (Å²) in [6.07, 6.45) is -0.131. The molecule has 0 atom stereocenters. The highest BCUT2D eigenvalue weighted by Gasteiger charge is 2.28. The molecule has 0 saturated carbocycles. The summed E-state index contributed by atoms with van der Waals surface area (Å²) >= 11 is 0. The minimum atomic E-state index is -3.31. The van der Waals surface area contributed by atoms with E-state index >= 15 is 0 Å². The number of halogens is 2.